The van der Waals surface area contributed by atoms with E-state index >= 15 is 0 Å². The maximum atomic E-state index is 12.4. The molecule has 1 aliphatic heterocycles. The van der Waals surface area contributed by atoms with Crippen LogP contribution in [-0.4, -0.2) is 23.3 Å². The maximum absolute atomic E-state index is 12.4. The number of likely N-dealkylation sites (tertiary alicyclic amines) is 1. The topological polar surface area (TPSA) is 49.4 Å². The van der Waals surface area contributed by atoms with E-state index in [0.717, 1.165) is 5.56 Å². The van der Waals surface area contributed by atoms with Crippen LogP contribution in [0.5, 0.6) is 0 Å². The van der Waals surface area contributed by atoms with Gasteiger partial charge in [-0.2, -0.15) is 0 Å². The Morgan fingerprint density at radius 1 is 1.21 bits per heavy atom. The lowest BCUT2D eigenvalue weighted by Gasteiger charge is -2.25. The molecule has 2 atom stereocenters. The fraction of sp³-hybridized carbons (Fsp3) is 0.263. The van der Waals surface area contributed by atoms with Crippen molar-refractivity contribution in [2.24, 2.45) is 5.92 Å². The fourth-order valence-electron chi connectivity index (χ4n) is 3.00. The van der Waals surface area contributed by atoms with Crippen LogP contribution in [0.15, 0.2) is 54.6 Å². The van der Waals surface area contributed by atoms with Crippen molar-refractivity contribution in [3.63, 3.8) is 0 Å². The van der Waals surface area contributed by atoms with E-state index in [4.69, 9.17) is 11.6 Å². The summed E-state index contributed by atoms with van der Waals surface area (Å²) in [6, 6.07) is 16.8. The molecule has 0 spiro atoms. The summed E-state index contributed by atoms with van der Waals surface area (Å²) >= 11 is 5.93. The molecule has 3 rings (SSSR count). The van der Waals surface area contributed by atoms with Gasteiger partial charge in [-0.1, -0.05) is 48.0 Å². The van der Waals surface area contributed by atoms with Gasteiger partial charge in [0.25, 0.3) is 0 Å². The lowest BCUT2D eigenvalue weighted by molar-refractivity contribution is -0.129. The van der Waals surface area contributed by atoms with Gasteiger partial charge in [-0.25, -0.2) is 0 Å². The number of anilines is 1. The predicted octanol–water partition coefficient (Wildman–Crippen LogP) is 3.89. The molecule has 0 unspecified atom stereocenters. The monoisotopic (exact) mass is 342 g/mol. The molecule has 0 saturated carbocycles. The number of hydrogen-bond donors (Lipinski definition) is 1. The number of nitrogens with zero attached hydrogens (tertiary/aromatic N) is 1. The molecule has 4 nitrogen and oxygen atoms in total. The molecule has 1 aliphatic rings. The first-order valence-corrected chi connectivity index (χ1v) is 8.33. The number of rotatable bonds is 4. The van der Waals surface area contributed by atoms with Crippen molar-refractivity contribution >= 4 is 29.1 Å². The Morgan fingerprint density at radius 3 is 2.67 bits per heavy atom. The highest BCUT2D eigenvalue weighted by Gasteiger charge is 2.36. The van der Waals surface area contributed by atoms with E-state index < -0.39 is 0 Å². The Morgan fingerprint density at radius 2 is 1.96 bits per heavy atom. The molecule has 0 aliphatic carbocycles. The third-order valence-electron chi connectivity index (χ3n) is 4.37. The zero-order valence-corrected chi connectivity index (χ0v) is 14.2. The lowest BCUT2D eigenvalue weighted by Crippen LogP contribution is -2.30. The average Bonchev–Trinajstić information content (AvgIpc) is 2.97. The summed E-state index contributed by atoms with van der Waals surface area (Å²) in [5.41, 5.74) is 1.72. The second-order valence-corrected chi connectivity index (χ2v) is 6.47. The zero-order valence-electron chi connectivity index (χ0n) is 13.4. The first-order valence-electron chi connectivity index (χ1n) is 7.95. The number of halogens is 1. The molecule has 2 aromatic rings. The van der Waals surface area contributed by atoms with Crippen LogP contribution >= 0.6 is 11.6 Å². The van der Waals surface area contributed by atoms with E-state index in [1.54, 1.807) is 29.2 Å². The minimum absolute atomic E-state index is 0.0117. The Bertz CT molecular complexity index is 748. The molecule has 0 aromatic heterocycles. The number of amides is 2. The number of nitrogens with one attached hydrogen (secondary N) is 1. The van der Waals surface area contributed by atoms with Crippen LogP contribution in [0.3, 0.4) is 0 Å². The number of benzene rings is 2. The third-order valence-corrected chi connectivity index (χ3v) is 4.61. The number of carbonyl (C=O) groups excluding carboxylic acids is 2. The zero-order chi connectivity index (χ0) is 17.1. The maximum Gasteiger partial charge on any atom is 0.229 e. The predicted molar refractivity (Wildman–Crippen MR) is 94.8 cm³/mol. The highest BCUT2D eigenvalue weighted by atomic mass is 35.5. The van der Waals surface area contributed by atoms with E-state index in [1.807, 2.05) is 37.3 Å². The molecular weight excluding hydrogens is 324 g/mol. The van der Waals surface area contributed by atoms with Crippen LogP contribution in [0.25, 0.3) is 0 Å². The van der Waals surface area contributed by atoms with E-state index in [-0.39, 0.29) is 30.2 Å². The van der Waals surface area contributed by atoms with Gasteiger partial charge in [0.15, 0.2) is 0 Å². The molecular formula is C19H19ClN2O2. The molecule has 2 aromatic carbocycles. The molecule has 24 heavy (non-hydrogen) atoms. The molecule has 1 N–H and O–H groups in total. The molecule has 0 bridgehead atoms. The van der Waals surface area contributed by atoms with Crippen molar-refractivity contribution in [3.8, 4) is 0 Å². The highest BCUT2D eigenvalue weighted by molar-refractivity contribution is 6.30. The van der Waals surface area contributed by atoms with Crippen LogP contribution in [0, 0.1) is 5.92 Å². The van der Waals surface area contributed by atoms with Gasteiger partial charge in [-0.05, 0) is 30.7 Å². The van der Waals surface area contributed by atoms with Crippen molar-refractivity contribution in [3.05, 3.63) is 65.2 Å². The van der Waals surface area contributed by atoms with Crippen LogP contribution in [0.2, 0.25) is 5.02 Å². The smallest absolute Gasteiger partial charge is 0.229 e. The first kappa shape index (κ1) is 16.5. The van der Waals surface area contributed by atoms with Gasteiger partial charge in [0.1, 0.15) is 0 Å². The van der Waals surface area contributed by atoms with Gasteiger partial charge in [-0.15, -0.1) is 0 Å². The number of carbonyl (C=O) groups is 2. The van der Waals surface area contributed by atoms with Crippen molar-refractivity contribution in [2.45, 2.75) is 19.4 Å². The standard InChI is InChI=1S/C19H19ClN2O2/c1-13(14-6-3-2-4-7-14)22-12-15(10-18(22)23)19(24)21-17-9-5-8-16(20)11-17/h2-9,11,13,15H,10,12H2,1H3,(H,21,24)/t13-,15+/m0/s1. The third kappa shape index (κ3) is 3.60. The second kappa shape index (κ2) is 7.05. The first-order chi connectivity index (χ1) is 11.5. The largest absolute Gasteiger partial charge is 0.335 e. The SMILES string of the molecule is C[C@@H](c1ccccc1)N1C[C@H](C(=O)Nc2cccc(Cl)c2)CC1=O. The molecule has 0 radical (unpaired) electrons. The van der Waals surface area contributed by atoms with Crippen molar-refractivity contribution in [2.75, 3.05) is 11.9 Å². The molecule has 124 valence electrons. The minimum atomic E-state index is -0.345. The van der Waals surface area contributed by atoms with E-state index in [2.05, 4.69) is 5.32 Å². The van der Waals surface area contributed by atoms with E-state index in [1.165, 1.54) is 0 Å². The van der Waals surface area contributed by atoms with Gasteiger partial charge in [0.2, 0.25) is 11.8 Å². The Kier molecular flexibility index (Phi) is 4.86. The van der Waals surface area contributed by atoms with E-state index in [9.17, 15) is 9.59 Å². The summed E-state index contributed by atoms with van der Waals surface area (Å²) in [6.07, 6.45) is 0.240. The average molecular weight is 343 g/mol. The van der Waals surface area contributed by atoms with Gasteiger partial charge in [0.05, 0.1) is 12.0 Å². The van der Waals surface area contributed by atoms with Gasteiger partial charge in [0, 0.05) is 23.7 Å². The van der Waals surface area contributed by atoms with Crippen LogP contribution in [-0.2, 0) is 9.59 Å². The lowest BCUT2D eigenvalue weighted by atomic mass is 10.1. The normalized spacial score (nSPS) is 18.5. The second-order valence-electron chi connectivity index (χ2n) is 6.03. The van der Waals surface area contributed by atoms with Gasteiger partial charge in [-0.3, -0.25) is 9.59 Å². The van der Waals surface area contributed by atoms with Crippen molar-refractivity contribution < 1.29 is 9.59 Å². The van der Waals surface area contributed by atoms with Gasteiger partial charge >= 0.3 is 0 Å². The van der Waals surface area contributed by atoms with Crippen molar-refractivity contribution in [1.82, 2.24) is 4.90 Å². The summed E-state index contributed by atoms with van der Waals surface area (Å²) in [5.74, 6) is -0.478. The molecule has 1 fully saturated rings. The van der Waals surface area contributed by atoms with Crippen LogP contribution in [0.4, 0.5) is 5.69 Å². The summed E-state index contributed by atoms with van der Waals surface area (Å²) < 4.78 is 0. The number of hydrogen-bond acceptors (Lipinski definition) is 2. The fourth-order valence-corrected chi connectivity index (χ4v) is 3.19. The molecule has 1 heterocycles. The highest BCUT2D eigenvalue weighted by Crippen LogP contribution is 2.29. The Hall–Kier alpha value is -2.33. The summed E-state index contributed by atoms with van der Waals surface area (Å²) in [4.78, 5) is 26.6. The van der Waals surface area contributed by atoms with E-state index in [0.29, 0.717) is 17.3 Å². The minimum Gasteiger partial charge on any atom is -0.335 e. The van der Waals surface area contributed by atoms with Crippen LogP contribution < -0.4 is 5.32 Å². The van der Waals surface area contributed by atoms with Crippen LogP contribution in [0.1, 0.15) is 24.9 Å². The summed E-state index contributed by atoms with van der Waals surface area (Å²) in [5, 5.41) is 3.41. The molecule has 1 saturated heterocycles. The summed E-state index contributed by atoms with van der Waals surface area (Å²) in [6.45, 7) is 2.42. The van der Waals surface area contributed by atoms with Gasteiger partial charge < -0.3 is 10.2 Å². The van der Waals surface area contributed by atoms with Crippen molar-refractivity contribution in [1.29, 1.82) is 0 Å². The Labute approximate surface area is 146 Å². The quantitative estimate of drug-likeness (QED) is 0.916. The summed E-state index contributed by atoms with van der Waals surface area (Å²) in [7, 11) is 0. The molecule has 2 amide bonds. The molecule has 5 heteroatoms. The Balaban J connectivity index is 1.67.